The number of sulfonamides is 1. The Balaban J connectivity index is 1.88. The highest BCUT2D eigenvalue weighted by Crippen LogP contribution is 2.25. The molecule has 24 heavy (non-hydrogen) atoms. The summed E-state index contributed by atoms with van der Waals surface area (Å²) in [5, 5.41) is 10.3. The molecule has 0 unspecified atom stereocenters. The molecule has 1 aliphatic rings. The van der Waals surface area contributed by atoms with Crippen molar-refractivity contribution in [1.82, 2.24) is 14.2 Å². The molecule has 1 N–H and O–H groups in total. The molecule has 1 fully saturated rings. The van der Waals surface area contributed by atoms with Crippen molar-refractivity contribution in [2.45, 2.75) is 11.3 Å². The third kappa shape index (κ3) is 3.40. The minimum atomic E-state index is -3.63. The largest absolute Gasteiger partial charge is 0.480 e. The van der Waals surface area contributed by atoms with E-state index < -0.39 is 16.0 Å². The predicted octanol–water partition coefficient (Wildman–Crippen LogP) is 1.02. The van der Waals surface area contributed by atoms with Crippen molar-refractivity contribution in [3.8, 4) is 0 Å². The highest BCUT2D eigenvalue weighted by atomic mass is 32.2. The summed E-state index contributed by atoms with van der Waals surface area (Å²) in [6.07, 6.45) is 3.84. The van der Waals surface area contributed by atoms with E-state index in [1.165, 1.54) is 4.31 Å². The summed E-state index contributed by atoms with van der Waals surface area (Å²) >= 11 is 0. The molecule has 0 bridgehead atoms. The second kappa shape index (κ2) is 6.84. The van der Waals surface area contributed by atoms with Crippen LogP contribution >= 0.6 is 0 Å². The number of benzene rings is 1. The zero-order valence-corrected chi connectivity index (χ0v) is 13.9. The van der Waals surface area contributed by atoms with Gasteiger partial charge in [0, 0.05) is 49.3 Å². The number of fused-ring (bicyclic) bond motifs is 1. The maximum Gasteiger partial charge on any atom is 0.317 e. The van der Waals surface area contributed by atoms with Gasteiger partial charge in [0.25, 0.3) is 0 Å². The van der Waals surface area contributed by atoms with Crippen molar-refractivity contribution in [3.63, 3.8) is 0 Å². The molecule has 1 aromatic carbocycles. The summed E-state index contributed by atoms with van der Waals surface area (Å²) < 4.78 is 27.6. The lowest BCUT2D eigenvalue weighted by molar-refractivity contribution is -0.138. The fraction of sp³-hybridized carbons (Fsp3) is 0.375. The quantitative estimate of drug-likeness (QED) is 0.886. The SMILES string of the molecule is O=C(O)CN1CCCN(S(=O)(=O)c2cccc3cnccc23)CC1. The molecule has 0 atom stereocenters. The summed E-state index contributed by atoms with van der Waals surface area (Å²) in [6.45, 7) is 1.61. The van der Waals surface area contributed by atoms with Crippen LogP contribution in [-0.4, -0.2) is 66.4 Å². The number of carboxylic acids is 1. The van der Waals surface area contributed by atoms with Gasteiger partial charge in [0.2, 0.25) is 10.0 Å². The number of pyridine rings is 1. The number of hydrogen-bond acceptors (Lipinski definition) is 5. The first-order valence-electron chi connectivity index (χ1n) is 7.75. The van der Waals surface area contributed by atoms with Crippen LogP contribution in [0.5, 0.6) is 0 Å². The Kier molecular flexibility index (Phi) is 4.79. The van der Waals surface area contributed by atoms with Gasteiger partial charge >= 0.3 is 5.97 Å². The fourth-order valence-electron chi connectivity index (χ4n) is 2.99. The van der Waals surface area contributed by atoms with Gasteiger partial charge in [0.05, 0.1) is 11.4 Å². The van der Waals surface area contributed by atoms with E-state index >= 15 is 0 Å². The highest BCUT2D eigenvalue weighted by Gasteiger charge is 2.28. The van der Waals surface area contributed by atoms with Gasteiger partial charge in [-0.1, -0.05) is 12.1 Å². The fourth-order valence-corrected chi connectivity index (χ4v) is 4.68. The molecule has 1 aromatic heterocycles. The van der Waals surface area contributed by atoms with Gasteiger partial charge in [-0.05, 0) is 18.6 Å². The Hall–Kier alpha value is -2.03. The molecule has 7 nitrogen and oxygen atoms in total. The molecule has 128 valence electrons. The topological polar surface area (TPSA) is 90.8 Å². The van der Waals surface area contributed by atoms with Crippen molar-refractivity contribution in [2.24, 2.45) is 0 Å². The summed E-state index contributed by atoms with van der Waals surface area (Å²) in [4.78, 5) is 16.9. The van der Waals surface area contributed by atoms with E-state index in [4.69, 9.17) is 5.11 Å². The first kappa shape index (κ1) is 16.8. The number of aliphatic carboxylic acids is 1. The lowest BCUT2D eigenvalue weighted by atomic mass is 10.2. The van der Waals surface area contributed by atoms with E-state index in [9.17, 15) is 13.2 Å². The van der Waals surface area contributed by atoms with Gasteiger partial charge in [-0.2, -0.15) is 4.31 Å². The van der Waals surface area contributed by atoms with E-state index in [-0.39, 0.29) is 18.0 Å². The summed E-state index contributed by atoms with van der Waals surface area (Å²) in [7, 11) is -3.63. The van der Waals surface area contributed by atoms with E-state index in [1.54, 1.807) is 35.5 Å². The highest BCUT2D eigenvalue weighted by molar-refractivity contribution is 7.89. The minimum absolute atomic E-state index is 0.0617. The third-order valence-corrected chi connectivity index (χ3v) is 6.12. The number of carboxylic acid groups (broad SMARTS) is 1. The molecule has 0 spiro atoms. The Morgan fingerprint density at radius 2 is 2.00 bits per heavy atom. The molecule has 1 saturated heterocycles. The smallest absolute Gasteiger partial charge is 0.317 e. The minimum Gasteiger partial charge on any atom is -0.480 e. The molecule has 0 radical (unpaired) electrons. The summed E-state index contributed by atoms with van der Waals surface area (Å²) in [5.74, 6) is -0.895. The zero-order chi connectivity index (χ0) is 17.2. The average Bonchev–Trinajstić information content (AvgIpc) is 2.79. The Labute approximate surface area is 140 Å². The molecule has 0 amide bonds. The van der Waals surface area contributed by atoms with Crippen LogP contribution in [0, 0.1) is 0 Å². The maximum absolute atomic E-state index is 13.1. The van der Waals surface area contributed by atoms with Crippen molar-refractivity contribution in [1.29, 1.82) is 0 Å². The number of rotatable bonds is 4. The van der Waals surface area contributed by atoms with E-state index in [1.807, 2.05) is 6.07 Å². The standard InChI is InChI=1S/C16H19N3O4S/c20-16(21)12-18-7-2-8-19(10-9-18)24(22,23)15-4-1-3-13-11-17-6-5-14(13)15/h1,3-6,11H,2,7-10,12H2,(H,20,21). The van der Waals surface area contributed by atoms with Crippen LogP contribution < -0.4 is 0 Å². The van der Waals surface area contributed by atoms with Gasteiger partial charge in [-0.3, -0.25) is 14.7 Å². The number of hydrogen-bond donors (Lipinski definition) is 1. The van der Waals surface area contributed by atoms with Crippen molar-refractivity contribution in [3.05, 3.63) is 36.7 Å². The Morgan fingerprint density at radius 1 is 1.17 bits per heavy atom. The van der Waals surface area contributed by atoms with Crippen LogP contribution in [0.2, 0.25) is 0 Å². The maximum atomic E-state index is 13.1. The van der Waals surface area contributed by atoms with Crippen LogP contribution in [-0.2, 0) is 14.8 Å². The second-order valence-electron chi connectivity index (χ2n) is 5.78. The monoisotopic (exact) mass is 349 g/mol. The van der Waals surface area contributed by atoms with E-state index in [0.29, 0.717) is 31.4 Å². The van der Waals surface area contributed by atoms with Gasteiger partial charge in [-0.25, -0.2) is 8.42 Å². The predicted molar refractivity (Wildman–Crippen MR) is 89.2 cm³/mol. The van der Waals surface area contributed by atoms with Gasteiger partial charge in [0.1, 0.15) is 0 Å². The Morgan fingerprint density at radius 3 is 2.79 bits per heavy atom. The second-order valence-corrected chi connectivity index (χ2v) is 7.69. The molecule has 0 aliphatic carbocycles. The lowest BCUT2D eigenvalue weighted by Crippen LogP contribution is -2.36. The van der Waals surface area contributed by atoms with E-state index in [0.717, 1.165) is 5.39 Å². The molecular weight excluding hydrogens is 330 g/mol. The lowest BCUT2D eigenvalue weighted by Gasteiger charge is -2.21. The first-order valence-corrected chi connectivity index (χ1v) is 9.19. The third-order valence-electron chi connectivity index (χ3n) is 4.16. The van der Waals surface area contributed by atoms with Crippen LogP contribution in [0.3, 0.4) is 0 Å². The van der Waals surface area contributed by atoms with Crippen molar-refractivity contribution >= 4 is 26.8 Å². The zero-order valence-electron chi connectivity index (χ0n) is 13.1. The normalized spacial score (nSPS) is 17.7. The Bertz CT molecular complexity index is 848. The van der Waals surface area contributed by atoms with Crippen molar-refractivity contribution < 1.29 is 18.3 Å². The van der Waals surface area contributed by atoms with Crippen LogP contribution in [0.15, 0.2) is 41.6 Å². The van der Waals surface area contributed by atoms with Crippen LogP contribution in [0.25, 0.3) is 10.8 Å². The molecule has 1 aliphatic heterocycles. The average molecular weight is 349 g/mol. The van der Waals surface area contributed by atoms with Gasteiger partial charge < -0.3 is 5.11 Å². The van der Waals surface area contributed by atoms with Crippen molar-refractivity contribution in [2.75, 3.05) is 32.7 Å². The van der Waals surface area contributed by atoms with Gasteiger partial charge in [0.15, 0.2) is 0 Å². The summed E-state index contributed by atoms with van der Waals surface area (Å²) in [6, 6.07) is 6.86. The molecule has 8 heteroatoms. The molecular formula is C16H19N3O4S. The summed E-state index contributed by atoms with van der Waals surface area (Å²) in [5.41, 5.74) is 0. The van der Waals surface area contributed by atoms with E-state index in [2.05, 4.69) is 4.98 Å². The number of aromatic nitrogens is 1. The molecule has 0 saturated carbocycles. The van der Waals surface area contributed by atoms with Crippen LogP contribution in [0.4, 0.5) is 0 Å². The number of carbonyl (C=O) groups is 1. The first-order chi connectivity index (χ1) is 11.5. The number of nitrogens with zero attached hydrogens (tertiary/aromatic N) is 3. The molecule has 3 rings (SSSR count). The molecule has 2 aromatic rings. The van der Waals surface area contributed by atoms with Gasteiger partial charge in [-0.15, -0.1) is 0 Å². The van der Waals surface area contributed by atoms with Crippen LogP contribution in [0.1, 0.15) is 6.42 Å². The molecule has 2 heterocycles.